The van der Waals surface area contributed by atoms with Crippen LogP contribution in [0.25, 0.3) is 0 Å². The third-order valence-corrected chi connectivity index (χ3v) is 5.40. The van der Waals surface area contributed by atoms with Crippen LogP contribution in [0.15, 0.2) is 30.3 Å². The predicted molar refractivity (Wildman–Crippen MR) is 88.1 cm³/mol. The van der Waals surface area contributed by atoms with Gasteiger partial charge >= 0.3 is 0 Å². The molecule has 1 aliphatic carbocycles. The molecule has 2 heteroatoms. The molecular formula is C19H29NO. The average molecular weight is 287 g/mol. The van der Waals surface area contributed by atoms with Gasteiger partial charge in [-0.25, -0.2) is 0 Å². The largest absolute Gasteiger partial charge is 0.359 e. The van der Waals surface area contributed by atoms with Crippen molar-refractivity contribution in [1.82, 2.24) is 5.32 Å². The zero-order valence-electron chi connectivity index (χ0n) is 13.5. The van der Waals surface area contributed by atoms with E-state index in [0.717, 1.165) is 19.3 Å². The summed E-state index contributed by atoms with van der Waals surface area (Å²) in [6.45, 7) is 2.19. The number of hydrogen-bond donors (Lipinski definition) is 1. The van der Waals surface area contributed by atoms with Crippen LogP contribution in [0.4, 0.5) is 0 Å². The van der Waals surface area contributed by atoms with E-state index in [9.17, 15) is 4.79 Å². The number of nitrogens with one attached hydrogen (secondary N) is 1. The molecule has 1 atom stereocenters. The van der Waals surface area contributed by atoms with E-state index in [4.69, 9.17) is 0 Å². The van der Waals surface area contributed by atoms with Gasteiger partial charge in [-0.15, -0.1) is 0 Å². The number of amides is 1. The van der Waals surface area contributed by atoms with Crippen LogP contribution in [0.5, 0.6) is 0 Å². The van der Waals surface area contributed by atoms with Crippen LogP contribution in [-0.4, -0.2) is 13.0 Å². The van der Waals surface area contributed by atoms with Crippen LogP contribution in [-0.2, 0) is 11.2 Å². The number of rotatable bonds is 6. The van der Waals surface area contributed by atoms with Crippen molar-refractivity contribution in [1.29, 1.82) is 0 Å². The Labute approximate surface area is 129 Å². The quantitative estimate of drug-likeness (QED) is 0.828. The molecule has 1 aliphatic rings. The van der Waals surface area contributed by atoms with E-state index in [1.54, 1.807) is 7.05 Å². The van der Waals surface area contributed by atoms with Crippen LogP contribution in [0, 0.1) is 11.3 Å². The molecule has 2 nitrogen and oxygen atoms in total. The minimum absolute atomic E-state index is 0.176. The third-order valence-electron chi connectivity index (χ3n) is 5.40. The lowest BCUT2D eigenvalue weighted by Crippen LogP contribution is -2.45. The van der Waals surface area contributed by atoms with Gasteiger partial charge in [0, 0.05) is 7.05 Å². The van der Waals surface area contributed by atoms with Crippen LogP contribution in [0.2, 0.25) is 0 Å². The molecule has 0 bridgehead atoms. The standard InChI is InChI=1S/C19H29NO/c1-3-19(18(21)20-2,17-12-8-5-9-13-17)15-14-16-10-6-4-7-11-16/h4,6-7,10-11,17H,3,5,8-9,12-15H2,1-2H3,(H,20,21). The Bertz CT molecular complexity index is 436. The second-order valence-corrected chi connectivity index (χ2v) is 6.41. The number of carbonyl (C=O) groups excluding carboxylic acids is 1. The van der Waals surface area contributed by atoms with Gasteiger partial charge in [0.2, 0.25) is 5.91 Å². The first-order valence-corrected chi connectivity index (χ1v) is 8.49. The molecule has 21 heavy (non-hydrogen) atoms. The van der Waals surface area contributed by atoms with E-state index in [2.05, 4.69) is 42.6 Å². The summed E-state index contributed by atoms with van der Waals surface area (Å²) in [6, 6.07) is 10.6. The Kier molecular flexibility index (Phi) is 5.84. The van der Waals surface area contributed by atoms with Crippen molar-refractivity contribution in [3.05, 3.63) is 35.9 Å². The Hall–Kier alpha value is -1.31. The lowest BCUT2D eigenvalue weighted by atomic mass is 9.64. The molecule has 0 radical (unpaired) electrons. The first-order chi connectivity index (χ1) is 10.2. The van der Waals surface area contributed by atoms with Gasteiger partial charge in [-0.2, -0.15) is 0 Å². The van der Waals surface area contributed by atoms with Crippen molar-refractivity contribution >= 4 is 5.91 Å². The zero-order chi connectivity index (χ0) is 15.1. The molecule has 0 saturated heterocycles. The van der Waals surface area contributed by atoms with Gasteiger partial charge in [-0.1, -0.05) is 56.5 Å². The molecule has 0 aromatic heterocycles. The molecule has 1 aromatic rings. The number of carbonyl (C=O) groups is 1. The van der Waals surface area contributed by atoms with E-state index in [-0.39, 0.29) is 11.3 Å². The SMILES string of the molecule is CCC(CCc1ccccc1)(C(=O)NC)C1CCCCC1. The highest BCUT2D eigenvalue weighted by Crippen LogP contribution is 2.44. The third kappa shape index (κ3) is 3.66. The molecular weight excluding hydrogens is 258 g/mol. The van der Waals surface area contributed by atoms with Gasteiger partial charge in [0.1, 0.15) is 0 Å². The van der Waals surface area contributed by atoms with Crippen molar-refractivity contribution in [2.24, 2.45) is 11.3 Å². The second kappa shape index (κ2) is 7.63. The fourth-order valence-electron chi connectivity index (χ4n) is 4.05. The van der Waals surface area contributed by atoms with E-state index in [0.29, 0.717) is 5.92 Å². The van der Waals surface area contributed by atoms with Gasteiger partial charge in [0.15, 0.2) is 0 Å². The Morgan fingerprint density at radius 1 is 1.19 bits per heavy atom. The number of hydrogen-bond acceptors (Lipinski definition) is 1. The molecule has 1 N–H and O–H groups in total. The summed E-state index contributed by atoms with van der Waals surface area (Å²) in [5.41, 5.74) is 1.17. The highest BCUT2D eigenvalue weighted by atomic mass is 16.2. The van der Waals surface area contributed by atoms with Gasteiger partial charge in [0.05, 0.1) is 5.41 Å². The molecule has 0 aliphatic heterocycles. The summed E-state index contributed by atoms with van der Waals surface area (Å²) in [6.07, 6.45) is 9.26. The molecule has 0 heterocycles. The highest BCUT2D eigenvalue weighted by Gasteiger charge is 2.43. The molecule has 116 valence electrons. The van der Waals surface area contributed by atoms with Crippen LogP contribution >= 0.6 is 0 Å². The Morgan fingerprint density at radius 3 is 2.43 bits per heavy atom. The Morgan fingerprint density at radius 2 is 1.86 bits per heavy atom. The summed E-state index contributed by atoms with van der Waals surface area (Å²) < 4.78 is 0. The maximum absolute atomic E-state index is 12.7. The summed E-state index contributed by atoms with van der Waals surface area (Å²) in [5.74, 6) is 0.813. The maximum atomic E-state index is 12.7. The summed E-state index contributed by atoms with van der Waals surface area (Å²) in [5, 5.41) is 2.95. The van der Waals surface area contributed by atoms with Crippen molar-refractivity contribution in [3.8, 4) is 0 Å². The highest BCUT2D eigenvalue weighted by molar-refractivity contribution is 5.82. The van der Waals surface area contributed by atoms with Crippen molar-refractivity contribution in [2.45, 2.75) is 58.3 Å². The van der Waals surface area contributed by atoms with E-state index >= 15 is 0 Å². The topological polar surface area (TPSA) is 29.1 Å². The average Bonchev–Trinajstić information content (AvgIpc) is 2.57. The van der Waals surface area contributed by atoms with Crippen molar-refractivity contribution < 1.29 is 4.79 Å². The van der Waals surface area contributed by atoms with Gasteiger partial charge in [0.25, 0.3) is 0 Å². The van der Waals surface area contributed by atoms with Gasteiger partial charge < -0.3 is 5.32 Å². The van der Waals surface area contributed by atoms with Gasteiger partial charge in [-0.05, 0) is 43.6 Å². The lowest BCUT2D eigenvalue weighted by molar-refractivity contribution is -0.135. The molecule has 1 unspecified atom stereocenters. The maximum Gasteiger partial charge on any atom is 0.226 e. The molecule has 1 aromatic carbocycles. The molecule has 1 saturated carbocycles. The smallest absolute Gasteiger partial charge is 0.226 e. The first-order valence-electron chi connectivity index (χ1n) is 8.49. The van der Waals surface area contributed by atoms with Crippen LogP contribution in [0.3, 0.4) is 0 Å². The van der Waals surface area contributed by atoms with Crippen molar-refractivity contribution in [2.75, 3.05) is 7.05 Å². The normalized spacial score (nSPS) is 19.0. The monoisotopic (exact) mass is 287 g/mol. The fraction of sp³-hybridized carbons (Fsp3) is 0.632. The molecule has 0 spiro atoms. The van der Waals surface area contributed by atoms with E-state index in [1.807, 2.05) is 0 Å². The first kappa shape index (κ1) is 16.1. The minimum atomic E-state index is -0.176. The number of aryl methyl sites for hydroxylation is 1. The molecule has 1 fully saturated rings. The van der Waals surface area contributed by atoms with Crippen molar-refractivity contribution in [3.63, 3.8) is 0 Å². The minimum Gasteiger partial charge on any atom is -0.359 e. The number of benzene rings is 1. The lowest BCUT2D eigenvalue weighted by Gasteiger charge is -2.41. The molecule has 1 amide bonds. The van der Waals surface area contributed by atoms with Crippen LogP contribution in [0.1, 0.15) is 57.4 Å². The second-order valence-electron chi connectivity index (χ2n) is 6.41. The summed E-state index contributed by atoms with van der Waals surface area (Å²) in [4.78, 5) is 12.7. The Balaban J connectivity index is 2.15. The summed E-state index contributed by atoms with van der Waals surface area (Å²) >= 11 is 0. The van der Waals surface area contributed by atoms with Gasteiger partial charge in [-0.3, -0.25) is 4.79 Å². The van der Waals surface area contributed by atoms with Crippen LogP contribution < -0.4 is 5.32 Å². The zero-order valence-corrected chi connectivity index (χ0v) is 13.5. The summed E-state index contributed by atoms with van der Waals surface area (Å²) in [7, 11) is 1.79. The van der Waals surface area contributed by atoms with E-state index in [1.165, 1.54) is 37.7 Å². The molecule has 2 rings (SSSR count). The predicted octanol–water partition coefficient (Wildman–Crippen LogP) is 4.34. The van der Waals surface area contributed by atoms with E-state index < -0.39 is 0 Å². The fourth-order valence-corrected chi connectivity index (χ4v) is 4.05.